The molecule has 41 heavy (non-hydrogen) atoms. The van der Waals surface area contributed by atoms with Crippen LogP contribution >= 0.6 is 0 Å². The molecule has 3 rings (SSSR count). The molecule has 0 heterocycles. The molecule has 0 amide bonds. The molecule has 1 saturated carbocycles. The van der Waals surface area contributed by atoms with E-state index in [1.807, 2.05) is 0 Å². The van der Waals surface area contributed by atoms with Gasteiger partial charge in [-0.1, -0.05) is 65.2 Å². The first-order valence-corrected chi connectivity index (χ1v) is 14.5. The number of unbranched alkanes of at least 4 members (excludes halogenated alkanes) is 6. The molecule has 0 spiro atoms. The maximum absolute atomic E-state index is 14.9. The molecule has 0 saturated heterocycles. The standard InChI is InChI=1S/C31H36F8O2/c1-3-5-7-8-9-10-11-17-13-15-18(16-14-17)31(40)41-30-28(38)26(36)21(27(37)29(30)39)20-24(34)22(32)19(12-6-4-2)23(33)25(20)35/h17-18H,3-16H2,1-2H3. The van der Waals surface area contributed by atoms with E-state index in [9.17, 15) is 39.9 Å². The van der Waals surface area contributed by atoms with Crippen molar-refractivity contribution in [2.45, 2.75) is 104 Å². The van der Waals surface area contributed by atoms with Crippen molar-refractivity contribution in [2.24, 2.45) is 11.8 Å². The Kier molecular flexibility index (Phi) is 12.0. The van der Waals surface area contributed by atoms with Gasteiger partial charge >= 0.3 is 5.97 Å². The SMILES string of the molecule is CCCCCCCCC1CCC(C(=O)Oc2c(F)c(F)c(-c3c(F)c(F)c(CCCC)c(F)c3F)c(F)c2F)CC1. The first kappa shape index (κ1) is 32.9. The summed E-state index contributed by atoms with van der Waals surface area (Å²) in [6.07, 6.45) is 10.2. The van der Waals surface area contributed by atoms with E-state index in [2.05, 4.69) is 6.92 Å². The lowest BCUT2D eigenvalue weighted by Crippen LogP contribution is -2.26. The Labute approximate surface area is 235 Å². The van der Waals surface area contributed by atoms with E-state index in [1.54, 1.807) is 6.92 Å². The minimum Gasteiger partial charge on any atom is -0.420 e. The zero-order valence-electron chi connectivity index (χ0n) is 23.4. The average Bonchev–Trinajstić information content (AvgIpc) is 2.97. The lowest BCUT2D eigenvalue weighted by atomic mass is 9.79. The van der Waals surface area contributed by atoms with Crippen LogP contribution in [0.5, 0.6) is 5.75 Å². The van der Waals surface area contributed by atoms with Crippen molar-refractivity contribution < 1.29 is 44.7 Å². The fourth-order valence-electron chi connectivity index (χ4n) is 5.47. The summed E-state index contributed by atoms with van der Waals surface area (Å²) in [4.78, 5) is 12.6. The molecule has 2 nitrogen and oxygen atoms in total. The van der Waals surface area contributed by atoms with Crippen LogP contribution < -0.4 is 4.74 Å². The van der Waals surface area contributed by atoms with Crippen LogP contribution in [0.25, 0.3) is 11.1 Å². The van der Waals surface area contributed by atoms with Crippen LogP contribution in [0.2, 0.25) is 0 Å². The third-order valence-electron chi connectivity index (χ3n) is 7.96. The van der Waals surface area contributed by atoms with Crippen LogP contribution in [-0.4, -0.2) is 5.97 Å². The summed E-state index contributed by atoms with van der Waals surface area (Å²) in [5.41, 5.74) is -4.90. The number of carbonyl (C=O) groups excluding carboxylic acids is 1. The molecule has 0 aliphatic heterocycles. The Morgan fingerprint density at radius 3 is 1.59 bits per heavy atom. The summed E-state index contributed by atoms with van der Waals surface area (Å²) in [7, 11) is 0. The molecule has 1 aliphatic carbocycles. The Bertz CT molecular complexity index is 1160. The molecule has 228 valence electrons. The molecule has 0 N–H and O–H groups in total. The highest BCUT2D eigenvalue weighted by atomic mass is 19.2. The Morgan fingerprint density at radius 1 is 0.610 bits per heavy atom. The van der Waals surface area contributed by atoms with Crippen LogP contribution in [0.3, 0.4) is 0 Å². The number of benzene rings is 2. The third kappa shape index (κ3) is 7.41. The molecule has 0 aromatic heterocycles. The van der Waals surface area contributed by atoms with E-state index in [4.69, 9.17) is 4.74 Å². The summed E-state index contributed by atoms with van der Waals surface area (Å²) in [6, 6.07) is 0. The zero-order valence-corrected chi connectivity index (χ0v) is 23.4. The number of esters is 1. The van der Waals surface area contributed by atoms with Crippen molar-refractivity contribution in [3.8, 4) is 16.9 Å². The smallest absolute Gasteiger partial charge is 0.314 e. The van der Waals surface area contributed by atoms with Gasteiger partial charge in [-0.3, -0.25) is 4.79 Å². The number of rotatable bonds is 13. The highest BCUT2D eigenvalue weighted by Crippen LogP contribution is 2.41. The van der Waals surface area contributed by atoms with Crippen LogP contribution in [-0.2, 0) is 11.2 Å². The van der Waals surface area contributed by atoms with Crippen LogP contribution in [0, 0.1) is 58.4 Å². The van der Waals surface area contributed by atoms with Crippen molar-refractivity contribution in [1.82, 2.24) is 0 Å². The predicted molar refractivity (Wildman–Crippen MR) is 139 cm³/mol. The van der Waals surface area contributed by atoms with Crippen molar-refractivity contribution in [3.63, 3.8) is 0 Å². The summed E-state index contributed by atoms with van der Waals surface area (Å²) >= 11 is 0. The lowest BCUT2D eigenvalue weighted by molar-refractivity contribution is -0.140. The monoisotopic (exact) mass is 592 g/mol. The van der Waals surface area contributed by atoms with Gasteiger partial charge in [-0.05, 0) is 44.4 Å². The van der Waals surface area contributed by atoms with Crippen molar-refractivity contribution >= 4 is 5.97 Å². The van der Waals surface area contributed by atoms with Gasteiger partial charge in [-0.25, -0.2) is 26.3 Å². The van der Waals surface area contributed by atoms with E-state index in [1.165, 1.54) is 25.7 Å². The molecule has 1 aliphatic rings. The van der Waals surface area contributed by atoms with Gasteiger partial charge in [0, 0.05) is 5.56 Å². The topological polar surface area (TPSA) is 26.3 Å². The van der Waals surface area contributed by atoms with Gasteiger partial charge in [-0.15, -0.1) is 0 Å². The second-order valence-corrected chi connectivity index (χ2v) is 10.9. The maximum atomic E-state index is 14.9. The van der Waals surface area contributed by atoms with E-state index in [0.29, 0.717) is 38.0 Å². The molecule has 0 radical (unpaired) electrons. The second kappa shape index (κ2) is 15.0. The van der Waals surface area contributed by atoms with E-state index in [-0.39, 0.29) is 6.42 Å². The van der Waals surface area contributed by atoms with E-state index >= 15 is 0 Å². The van der Waals surface area contributed by atoms with Gasteiger partial charge in [0.05, 0.1) is 17.0 Å². The number of halogens is 8. The molecular formula is C31H36F8O2. The van der Waals surface area contributed by atoms with Crippen LogP contribution in [0.4, 0.5) is 35.1 Å². The first-order chi connectivity index (χ1) is 19.5. The van der Waals surface area contributed by atoms with Gasteiger partial charge in [0.2, 0.25) is 17.4 Å². The number of hydrogen-bond donors (Lipinski definition) is 0. The third-order valence-corrected chi connectivity index (χ3v) is 7.96. The highest BCUT2D eigenvalue weighted by molar-refractivity contribution is 5.76. The predicted octanol–water partition coefficient (Wildman–Crippen LogP) is 10.3. The number of ether oxygens (including phenoxy) is 1. The van der Waals surface area contributed by atoms with Gasteiger partial charge in [-0.2, -0.15) is 8.78 Å². The highest BCUT2D eigenvalue weighted by Gasteiger charge is 2.36. The van der Waals surface area contributed by atoms with Gasteiger partial charge in [0.25, 0.3) is 0 Å². The quantitative estimate of drug-likeness (QED) is 0.0761. The van der Waals surface area contributed by atoms with Crippen LogP contribution in [0.1, 0.15) is 103 Å². The largest absolute Gasteiger partial charge is 0.420 e. The molecule has 10 heteroatoms. The number of hydrogen-bond acceptors (Lipinski definition) is 2. The minimum atomic E-state index is -2.35. The molecule has 0 bridgehead atoms. The fraction of sp³-hybridized carbons (Fsp3) is 0.581. The van der Waals surface area contributed by atoms with Gasteiger partial charge in [0.15, 0.2) is 34.9 Å². The zero-order chi connectivity index (χ0) is 30.3. The average molecular weight is 593 g/mol. The van der Waals surface area contributed by atoms with E-state index in [0.717, 1.165) is 19.3 Å². The van der Waals surface area contributed by atoms with Crippen LogP contribution in [0.15, 0.2) is 0 Å². The Hall–Kier alpha value is -2.65. The minimum absolute atomic E-state index is 0.152. The number of carbonyl (C=O) groups is 1. The summed E-state index contributed by atoms with van der Waals surface area (Å²) in [5.74, 6) is -20.6. The lowest BCUT2D eigenvalue weighted by Gasteiger charge is -2.27. The van der Waals surface area contributed by atoms with Crippen molar-refractivity contribution in [3.05, 3.63) is 52.1 Å². The van der Waals surface area contributed by atoms with Gasteiger partial charge < -0.3 is 4.74 Å². The van der Waals surface area contributed by atoms with Crippen molar-refractivity contribution in [2.75, 3.05) is 0 Å². The Balaban J connectivity index is 1.76. The molecule has 0 atom stereocenters. The summed E-state index contributed by atoms with van der Waals surface area (Å²) < 4.78 is 123. The van der Waals surface area contributed by atoms with Crippen molar-refractivity contribution in [1.29, 1.82) is 0 Å². The maximum Gasteiger partial charge on any atom is 0.314 e. The molecular weight excluding hydrogens is 556 g/mol. The molecule has 1 fully saturated rings. The molecule has 2 aromatic rings. The first-order valence-electron chi connectivity index (χ1n) is 14.5. The normalized spacial score (nSPS) is 17.2. The summed E-state index contributed by atoms with van der Waals surface area (Å²) in [6.45, 7) is 3.80. The molecule has 0 unspecified atom stereocenters. The summed E-state index contributed by atoms with van der Waals surface area (Å²) in [5, 5.41) is 0. The Morgan fingerprint density at radius 2 is 1.07 bits per heavy atom. The molecule has 2 aromatic carbocycles. The fourth-order valence-corrected chi connectivity index (χ4v) is 5.47. The second-order valence-electron chi connectivity index (χ2n) is 10.9. The van der Waals surface area contributed by atoms with E-state index < -0.39 is 87.3 Å². The van der Waals surface area contributed by atoms with Gasteiger partial charge in [0.1, 0.15) is 0 Å².